The molecule has 2 fully saturated rings. The lowest BCUT2D eigenvalue weighted by atomic mass is 10.3. The largest absolute Gasteiger partial charge is 0.348 e. The summed E-state index contributed by atoms with van der Waals surface area (Å²) in [5.74, 6) is 1.43. The lowest BCUT2D eigenvalue weighted by Crippen LogP contribution is -2.32. The maximum Gasteiger partial charge on any atom is 0.261 e. The first kappa shape index (κ1) is 10.7. The van der Waals surface area contributed by atoms with Crippen molar-refractivity contribution in [3.05, 3.63) is 20.3 Å². The Labute approximate surface area is 107 Å². The Morgan fingerprint density at radius 3 is 2.81 bits per heavy atom. The van der Waals surface area contributed by atoms with E-state index in [0.29, 0.717) is 17.9 Å². The van der Waals surface area contributed by atoms with Gasteiger partial charge in [-0.3, -0.25) is 4.79 Å². The van der Waals surface area contributed by atoms with Gasteiger partial charge in [0.05, 0.1) is 8.66 Å². The first-order chi connectivity index (χ1) is 7.66. The second kappa shape index (κ2) is 3.82. The van der Waals surface area contributed by atoms with Crippen molar-refractivity contribution in [2.75, 3.05) is 13.1 Å². The normalized spacial score (nSPS) is 31.2. The van der Waals surface area contributed by atoms with Crippen LogP contribution in [0.2, 0.25) is 0 Å². The molecule has 2 N–H and O–H groups in total. The van der Waals surface area contributed by atoms with Crippen molar-refractivity contribution in [3.8, 4) is 0 Å². The Balaban J connectivity index is 1.65. The summed E-state index contributed by atoms with van der Waals surface area (Å²) in [7, 11) is 0. The molecule has 0 spiro atoms. The molecule has 86 valence electrons. The second-order valence-corrected chi connectivity index (χ2v) is 6.92. The highest BCUT2D eigenvalue weighted by Gasteiger charge is 2.53. The number of rotatable bonds is 2. The third-order valence-electron chi connectivity index (χ3n) is 3.47. The number of hydrogen-bond donors (Lipinski definition) is 2. The van der Waals surface area contributed by atoms with Gasteiger partial charge in [-0.25, -0.2) is 0 Å². The number of amides is 1. The Kier molecular flexibility index (Phi) is 2.57. The van der Waals surface area contributed by atoms with Crippen molar-refractivity contribution < 1.29 is 4.79 Å². The van der Waals surface area contributed by atoms with Crippen LogP contribution in [-0.2, 0) is 0 Å². The highest BCUT2D eigenvalue weighted by Crippen LogP contribution is 2.42. The SMILES string of the molecule is Cc1cc(C(=O)NC2C3CNCC32)sc1Br. The summed E-state index contributed by atoms with van der Waals surface area (Å²) in [5.41, 5.74) is 1.13. The molecular weight excluding hydrogens is 288 g/mol. The Morgan fingerprint density at radius 2 is 2.25 bits per heavy atom. The summed E-state index contributed by atoms with van der Waals surface area (Å²) in [6.07, 6.45) is 0. The minimum atomic E-state index is 0.0817. The fourth-order valence-corrected chi connectivity index (χ4v) is 3.86. The smallest absolute Gasteiger partial charge is 0.261 e. The molecule has 1 aliphatic carbocycles. The summed E-state index contributed by atoms with van der Waals surface area (Å²) in [6, 6.07) is 2.36. The first-order valence-electron chi connectivity index (χ1n) is 5.44. The highest BCUT2D eigenvalue weighted by atomic mass is 79.9. The van der Waals surface area contributed by atoms with Crippen molar-refractivity contribution in [2.45, 2.75) is 13.0 Å². The lowest BCUT2D eigenvalue weighted by molar-refractivity contribution is 0.0950. The summed E-state index contributed by atoms with van der Waals surface area (Å²) < 4.78 is 1.05. The minimum absolute atomic E-state index is 0.0817. The van der Waals surface area contributed by atoms with Gasteiger partial charge in [-0.1, -0.05) is 0 Å². The van der Waals surface area contributed by atoms with E-state index in [1.165, 1.54) is 11.3 Å². The molecule has 1 aromatic heterocycles. The molecule has 3 rings (SSSR count). The van der Waals surface area contributed by atoms with E-state index in [0.717, 1.165) is 27.3 Å². The summed E-state index contributed by atoms with van der Waals surface area (Å²) >= 11 is 4.95. The summed E-state index contributed by atoms with van der Waals surface area (Å²) in [4.78, 5) is 12.8. The van der Waals surface area contributed by atoms with Gasteiger partial charge in [0.2, 0.25) is 0 Å². The van der Waals surface area contributed by atoms with Gasteiger partial charge in [-0.2, -0.15) is 0 Å². The number of piperidine rings is 1. The van der Waals surface area contributed by atoms with Gasteiger partial charge in [0.1, 0.15) is 0 Å². The molecule has 1 aliphatic heterocycles. The molecule has 2 heterocycles. The van der Waals surface area contributed by atoms with E-state index in [1.807, 2.05) is 13.0 Å². The molecular formula is C11H13BrN2OS. The van der Waals surface area contributed by atoms with Crippen LogP contribution in [0.15, 0.2) is 9.85 Å². The van der Waals surface area contributed by atoms with Crippen LogP contribution in [0.4, 0.5) is 0 Å². The fraction of sp³-hybridized carbons (Fsp3) is 0.545. The molecule has 0 radical (unpaired) electrons. The van der Waals surface area contributed by atoms with Crippen LogP contribution < -0.4 is 10.6 Å². The van der Waals surface area contributed by atoms with E-state index in [2.05, 4.69) is 26.6 Å². The third kappa shape index (κ3) is 1.71. The van der Waals surface area contributed by atoms with Gasteiger partial charge >= 0.3 is 0 Å². The van der Waals surface area contributed by atoms with Crippen LogP contribution in [0, 0.1) is 18.8 Å². The summed E-state index contributed by atoms with van der Waals surface area (Å²) in [6.45, 7) is 4.12. The van der Waals surface area contributed by atoms with E-state index in [9.17, 15) is 4.79 Å². The second-order valence-electron chi connectivity index (χ2n) is 4.55. The fourth-order valence-electron chi connectivity index (χ4n) is 2.43. The standard InChI is InChI=1S/C11H13BrN2OS/c1-5-2-8(16-10(5)12)11(15)14-9-6-3-13-4-7(6)9/h2,6-7,9,13H,3-4H2,1H3,(H,14,15). The van der Waals surface area contributed by atoms with Gasteiger partial charge in [0.25, 0.3) is 5.91 Å². The number of carbonyl (C=O) groups excluding carboxylic acids is 1. The Hall–Kier alpha value is -0.390. The topological polar surface area (TPSA) is 41.1 Å². The van der Waals surface area contributed by atoms with E-state index >= 15 is 0 Å². The number of halogens is 1. The monoisotopic (exact) mass is 300 g/mol. The molecule has 16 heavy (non-hydrogen) atoms. The van der Waals surface area contributed by atoms with E-state index in [-0.39, 0.29) is 5.91 Å². The van der Waals surface area contributed by atoms with Gasteiger partial charge in [0.15, 0.2) is 0 Å². The third-order valence-corrected chi connectivity index (χ3v) is 5.61. The maximum absolute atomic E-state index is 11.9. The lowest BCUT2D eigenvalue weighted by Gasteiger charge is -2.05. The van der Waals surface area contributed by atoms with E-state index in [1.54, 1.807) is 0 Å². The van der Waals surface area contributed by atoms with Crippen LogP contribution in [-0.4, -0.2) is 25.0 Å². The number of carbonyl (C=O) groups is 1. The number of hydrogen-bond acceptors (Lipinski definition) is 3. The quantitative estimate of drug-likeness (QED) is 0.874. The molecule has 5 heteroatoms. The molecule has 1 saturated heterocycles. The van der Waals surface area contributed by atoms with Crippen molar-refractivity contribution in [1.82, 2.24) is 10.6 Å². The predicted molar refractivity (Wildman–Crippen MR) is 67.9 cm³/mol. The number of fused-ring (bicyclic) bond motifs is 1. The van der Waals surface area contributed by atoms with Crippen LogP contribution >= 0.6 is 27.3 Å². The molecule has 0 aromatic carbocycles. The zero-order valence-electron chi connectivity index (χ0n) is 8.92. The minimum Gasteiger partial charge on any atom is -0.348 e. The zero-order chi connectivity index (χ0) is 11.3. The molecule has 1 saturated carbocycles. The number of nitrogens with one attached hydrogen (secondary N) is 2. The van der Waals surface area contributed by atoms with E-state index in [4.69, 9.17) is 0 Å². The van der Waals surface area contributed by atoms with Gasteiger partial charge in [-0.15, -0.1) is 11.3 Å². The average Bonchev–Trinajstić information content (AvgIpc) is 2.67. The average molecular weight is 301 g/mol. The molecule has 2 unspecified atom stereocenters. The Bertz CT molecular complexity index is 416. The van der Waals surface area contributed by atoms with Crippen LogP contribution in [0.1, 0.15) is 15.2 Å². The van der Waals surface area contributed by atoms with Crippen LogP contribution in [0.5, 0.6) is 0 Å². The maximum atomic E-state index is 11.9. The molecule has 2 atom stereocenters. The molecule has 2 aliphatic rings. The number of aryl methyl sites for hydroxylation is 1. The number of thiophene rings is 1. The molecule has 1 aromatic rings. The molecule has 3 nitrogen and oxygen atoms in total. The van der Waals surface area contributed by atoms with Crippen molar-refractivity contribution in [1.29, 1.82) is 0 Å². The van der Waals surface area contributed by atoms with Gasteiger partial charge in [0, 0.05) is 19.1 Å². The van der Waals surface area contributed by atoms with Gasteiger partial charge in [-0.05, 0) is 46.3 Å². The van der Waals surface area contributed by atoms with E-state index < -0.39 is 0 Å². The van der Waals surface area contributed by atoms with Crippen LogP contribution in [0.25, 0.3) is 0 Å². The van der Waals surface area contributed by atoms with Crippen molar-refractivity contribution in [2.24, 2.45) is 11.8 Å². The predicted octanol–water partition coefficient (Wildman–Crippen LogP) is 1.77. The molecule has 1 amide bonds. The first-order valence-corrected chi connectivity index (χ1v) is 7.05. The highest BCUT2D eigenvalue weighted by molar-refractivity contribution is 9.11. The molecule has 0 bridgehead atoms. The van der Waals surface area contributed by atoms with Crippen LogP contribution in [0.3, 0.4) is 0 Å². The van der Waals surface area contributed by atoms with Crippen molar-refractivity contribution in [3.63, 3.8) is 0 Å². The van der Waals surface area contributed by atoms with Gasteiger partial charge < -0.3 is 10.6 Å². The van der Waals surface area contributed by atoms with Crippen molar-refractivity contribution >= 4 is 33.2 Å². The summed E-state index contributed by atoms with van der Waals surface area (Å²) in [5, 5.41) is 6.45. The Morgan fingerprint density at radius 1 is 1.56 bits per heavy atom. The zero-order valence-corrected chi connectivity index (χ0v) is 11.3.